The Balaban J connectivity index is 0.000000259. The van der Waals surface area contributed by atoms with Gasteiger partial charge < -0.3 is 4.74 Å². The Hall–Kier alpha value is -5.14. The number of alkyl halides is 1. The molecule has 0 aliphatic carbocycles. The number of nitrogens with zero attached hydrogens (tertiary/aromatic N) is 12. The predicted octanol–water partition coefficient (Wildman–Crippen LogP) is 7.85. The molecule has 0 aliphatic heterocycles. The summed E-state index contributed by atoms with van der Waals surface area (Å²) in [6, 6.07) is 23.3. The lowest BCUT2D eigenvalue weighted by Gasteiger charge is -1.99. The van der Waals surface area contributed by atoms with Crippen LogP contribution in [0.2, 0.25) is 15.5 Å². The second-order valence-electron chi connectivity index (χ2n) is 10.0. The third kappa shape index (κ3) is 20.3. The third-order valence-electron chi connectivity index (χ3n) is 5.82. The van der Waals surface area contributed by atoms with Gasteiger partial charge in [-0.05, 0) is 114 Å². The summed E-state index contributed by atoms with van der Waals surface area (Å²) in [7, 11) is 0.551. The first kappa shape index (κ1) is 47.2. The van der Waals surface area contributed by atoms with Crippen molar-refractivity contribution in [3.8, 4) is 40.0 Å². The van der Waals surface area contributed by atoms with Crippen LogP contribution >= 0.6 is 73.7 Å². The molecule has 0 aromatic carbocycles. The molecule has 0 aliphatic rings. The molecule has 0 atom stereocenters. The minimum Gasteiger partial charge on any atom is -0.480 e. The Bertz CT molecular complexity index is 2280. The summed E-state index contributed by atoms with van der Waals surface area (Å²) in [6.45, 7) is 3.75. The number of aryl methyl sites for hydroxylation is 2. The predicted molar refractivity (Wildman–Crippen MR) is 220 cm³/mol. The van der Waals surface area contributed by atoms with Crippen LogP contribution in [-0.2, 0) is 4.57 Å². The third-order valence-corrected chi connectivity index (χ3v) is 6.43. The number of methoxy groups -OCH3 is 1. The molecule has 0 spiro atoms. The Kier molecular flexibility index (Phi) is 21.2. The molecule has 7 heterocycles. The smallest absolute Gasteiger partial charge is 0.339 e. The molecule has 0 unspecified atom stereocenters. The van der Waals surface area contributed by atoms with Crippen molar-refractivity contribution in [1.82, 2.24) is 71.4 Å². The van der Waals surface area contributed by atoms with E-state index in [0.29, 0.717) is 55.5 Å². The van der Waals surface area contributed by atoms with Gasteiger partial charge in [-0.25, -0.2) is 10.2 Å². The Morgan fingerprint density at radius 2 is 0.845 bits per heavy atom. The molecule has 0 amide bonds. The van der Waals surface area contributed by atoms with Gasteiger partial charge in [-0.2, -0.15) is 20.4 Å². The fraction of sp³-hybridized carbons (Fsp3) is 0.125. The number of rotatable bonds is 4. The van der Waals surface area contributed by atoms with Crippen LogP contribution < -0.4 is 15.9 Å². The minimum absolute atomic E-state index is 0.279. The number of H-pyrrole nitrogens is 2. The van der Waals surface area contributed by atoms with Crippen LogP contribution in [0.5, 0.6) is 5.88 Å². The van der Waals surface area contributed by atoms with E-state index in [1.54, 1.807) is 49.6 Å². The lowest BCUT2D eigenvalue weighted by molar-refractivity contribution is 0.392. The van der Waals surface area contributed by atoms with Gasteiger partial charge in [0.1, 0.15) is 34.2 Å². The number of hydrogen-bond acceptors (Lipinski definition) is 16. The van der Waals surface area contributed by atoms with Gasteiger partial charge in [-0.3, -0.25) is 18.5 Å². The number of nitrogens with one attached hydrogen (secondary N) is 2. The summed E-state index contributed by atoms with van der Waals surface area (Å²) in [5.74, 6) is 0.485. The van der Waals surface area contributed by atoms with Crippen molar-refractivity contribution >= 4 is 73.7 Å². The van der Waals surface area contributed by atoms with E-state index in [4.69, 9.17) is 40.9 Å². The molecule has 58 heavy (non-hydrogen) atoms. The fourth-order valence-electron chi connectivity index (χ4n) is 3.36. The molecule has 0 fully saturated rings. The molecule has 2 N–H and O–H groups in total. The Labute approximate surface area is 359 Å². The largest absolute Gasteiger partial charge is 0.480 e. The zero-order valence-corrected chi connectivity index (χ0v) is 35.3. The van der Waals surface area contributed by atoms with Crippen LogP contribution in [0.1, 0.15) is 12.8 Å². The van der Waals surface area contributed by atoms with Crippen LogP contribution in [0.3, 0.4) is 0 Å². The zero-order valence-electron chi connectivity index (χ0n) is 30.9. The molecule has 0 saturated heterocycles. The summed E-state index contributed by atoms with van der Waals surface area (Å²) in [5, 5.41) is 48.1. The summed E-state index contributed by atoms with van der Waals surface area (Å²) >= 11 is 30.5. The molecule has 0 saturated carbocycles. The van der Waals surface area contributed by atoms with Gasteiger partial charge in [0.2, 0.25) is 5.88 Å². The minimum atomic E-state index is -3.22. The van der Waals surface area contributed by atoms with Crippen molar-refractivity contribution in [3.05, 3.63) is 132 Å². The molecule has 0 radical (unpaired) electrons. The van der Waals surface area contributed by atoms with E-state index in [1.165, 1.54) is 24.3 Å². The van der Waals surface area contributed by atoms with Crippen molar-refractivity contribution in [2.45, 2.75) is 13.8 Å². The van der Waals surface area contributed by atoms with Crippen molar-refractivity contribution in [1.29, 1.82) is 0 Å². The first-order valence-electron chi connectivity index (χ1n) is 16.0. The topological polar surface area (TPSA) is 247 Å². The van der Waals surface area contributed by atoms with Gasteiger partial charge in [0, 0.05) is 18.2 Å². The average Bonchev–Trinajstić information content (AvgIpc) is 3.21. The van der Waals surface area contributed by atoms with Crippen molar-refractivity contribution in [3.63, 3.8) is 0 Å². The molecule has 304 valence electrons. The van der Waals surface area contributed by atoms with Crippen LogP contribution in [0.4, 0.5) is 4.39 Å². The highest BCUT2D eigenvalue weighted by Gasteiger charge is 2.05. The number of ether oxygens (including phenoxy) is 1. The van der Waals surface area contributed by atoms with E-state index < -0.39 is 12.4 Å². The highest BCUT2D eigenvalue weighted by atomic mass is 36.0. The van der Waals surface area contributed by atoms with Gasteiger partial charge in [-0.15, -0.1) is 40.8 Å². The molecule has 26 heteroatoms. The lowest BCUT2D eigenvalue weighted by atomic mass is 10.2. The maximum Gasteiger partial charge on any atom is 0.339 e. The number of aromatic amines is 2. The summed E-state index contributed by atoms with van der Waals surface area (Å²) in [6.07, 6.45) is 0. The fourth-order valence-corrected chi connectivity index (χ4v) is 3.67. The first-order valence-corrected chi connectivity index (χ1v) is 20.9. The lowest BCUT2D eigenvalue weighted by Crippen LogP contribution is -2.09. The number of aromatic nitrogens is 14. The monoisotopic (exact) mass is 933 g/mol. The van der Waals surface area contributed by atoms with Gasteiger partial charge in [0.25, 0.3) is 11.1 Å². The molecule has 7 rings (SSSR count). The van der Waals surface area contributed by atoms with E-state index in [1.807, 2.05) is 32.0 Å². The molecule has 7 aromatic rings. The van der Waals surface area contributed by atoms with E-state index in [9.17, 15) is 18.5 Å². The zero-order chi connectivity index (χ0) is 43.8. The highest BCUT2D eigenvalue weighted by Crippen LogP contribution is 2.61. The SMILES string of the molecule is COc1ccc(-c2ccc(C)nn2)nn1.Cc1ccc(Cl)nn1.Clc1ccc(-c2ccc(Cl)nn2)nn1.O=P(Cl)(Cl)Cl.O=c1ccc(-c2ccc(=O)[nH]n2)n[nH]1.[2H]CF. The Morgan fingerprint density at radius 1 is 0.534 bits per heavy atom. The summed E-state index contributed by atoms with van der Waals surface area (Å²) in [4.78, 5) is 21.4. The van der Waals surface area contributed by atoms with Crippen molar-refractivity contribution in [2.24, 2.45) is 0 Å². The van der Waals surface area contributed by atoms with Gasteiger partial charge >= 0.3 is 5.20 Å². The Morgan fingerprint density at radius 3 is 1.10 bits per heavy atom. The average molecular weight is 936 g/mol. The quantitative estimate of drug-likeness (QED) is 0.160. The number of hydrogen-bond donors (Lipinski definition) is 2. The molecule has 7 aromatic heterocycles. The second kappa shape index (κ2) is 26.0. The van der Waals surface area contributed by atoms with Crippen LogP contribution in [0.15, 0.2) is 94.5 Å². The van der Waals surface area contributed by atoms with Crippen molar-refractivity contribution in [2.75, 3.05) is 14.3 Å². The normalized spacial score (nSPS) is 10.1. The molecule has 0 bridgehead atoms. The van der Waals surface area contributed by atoms with E-state index in [0.717, 1.165) is 11.4 Å². The standard InChI is InChI=1S/C10H10N4O.C8H4Cl2N4.C8H6N4O2.C5H5ClN2.CH3F.Cl3OP/c1-7-3-4-8(12-11-7)9-5-6-10(15-2)14-13-9;9-7-3-1-5(11-13-7)6-2-4-8(10)14-12-6;13-7-3-1-5(9-11-7)6-2-4-8(14)12-10-6;1-4-2-3-5(6)8-7-4;1-2;1-5(2,3)4/h3-6H,1-2H3;1-4H;1-4H,(H,11,13)(H,12,14);2-3H,1H3;1H3;/i;;;;1D;. The van der Waals surface area contributed by atoms with Crippen LogP contribution in [0, 0.1) is 13.8 Å². The molecule has 18 nitrogen and oxygen atoms in total. The van der Waals surface area contributed by atoms with E-state index in [-0.39, 0.29) is 11.1 Å². The summed E-state index contributed by atoms with van der Waals surface area (Å²) in [5.41, 5.74) is 4.81. The second-order valence-corrected chi connectivity index (χ2v) is 17.8. The molecular weight excluding hydrogens is 907 g/mol. The van der Waals surface area contributed by atoms with Gasteiger partial charge in [0.15, 0.2) is 15.5 Å². The van der Waals surface area contributed by atoms with Gasteiger partial charge in [-0.1, -0.05) is 34.8 Å². The van der Waals surface area contributed by atoms with Gasteiger partial charge in [0.05, 0.1) is 27.0 Å². The molecular formula is C32H28Cl6FN14O4P. The maximum absolute atomic E-state index is 10.7. The first-order chi connectivity index (χ1) is 28.0. The maximum atomic E-state index is 10.7. The van der Waals surface area contributed by atoms with Crippen LogP contribution in [0.25, 0.3) is 34.2 Å². The van der Waals surface area contributed by atoms with Crippen molar-refractivity contribution < 1.29 is 15.1 Å². The van der Waals surface area contributed by atoms with E-state index >= 15 is 0 Å². The van der Waals surface area contributed by atoms with E-state index in [2.05, 4.69) is 105 Å². The summed E-state index contributed by atoms with van der Waals surface area (Å²) < 4.78 is 29.9. The van der Waals surface area contributed by atoms with Crippen LogP contribution in [-0.4, -0.2) is 85.6 Å². The number of halogens is 7. The highest BCUT2D eigenvalue weighted by molar-refractivity contribution is 8.24.